The number of rotatable bonds is 3. The van der Waals surface area contributed by atoms with Gasteiger partial charge in [-0.15, -0.1) is 0 Å². The second-order valence-corrected chi connectivity index (χ2v) is 4.03. The van der Waals surface area contributed by atoms with Gasteiger partial charge in [0.1, 0.15) is 0 Å². The number of hydrogen-bond donors (Lipinski definition) is 1. The molecule has 0 fully saturated rings. The molecule has 1 aliphatic heterocycles. The lowest BCUT2D eigenvalue weighted by atomic mass is 9.92. The largest absolute Gasteiger partial charge is 0.493 e. The highest BCUT2D eigenvalue weighted by atomic mass is 16.5. The van der Waals surface area contributed by atoms with Gasteiger partial charge in [0.05, 0.1) is 14.2 Å². The molecule has 1 aliphatic rings. The van der Waals surface area contributed by atoms with Crippen LogP contribution in [-0.4, -0.2) is 20.8 Å². The average Bonchev–Trinajstić information content (AvgIpc) is 2.36. The third-order valence-electron chi connectivity index (χ3n) is 3.23. The normalized spacial score (nSPS) is 19.1. The molecule has 1 N–H and O–H groups in total. The van der Waals surface area contributed by atoms with E-state index in [4.69, 9.17) is 9.47 Å². The fraction of sp³-hybridized carbons (Fsp3) is 0.538. The molecule has 0 aromatic heterocycles. The summed E-state index contributed by atoms with van der Waals surface area (Å²) in [5.74, 6) is 1.73. The molecule has 0 amide bonds. The fourth-order valence-corrected chi connectivity index (χ4v) is 2.44. The molecule has 0 radical (unpaired) electrons. The van der Waals surface area contributed by atoms with E-state index in [-0.39, 0.29) is 0 Å². The maximum absolute atomic E-state index is 5.47. The summed E-state index contributed by atoms with van der Waals surface area (Å²) in [6, 6.07) is 4.59. The van der Waals surface area contributed by atoms with Crippen LogP contribution in [0.15, 0.2) is 12.1 Å². The van der Waals surface area contributed by atoms with Crippen molar-refractivity contribution >= 4 is 0 Å². The molecule has 3 heteroatoms. The second kappa shape index (κ2) is 4.74. The standard InChI is InChI=1S/C13H19NO2/c1-4-11-9-5-6-12(15-2)13(16-3)10(9)7-8-14-11/h5-6,11,14H,4,7-8H2,1-3H3/t11-/m0/s1. The highest BCUT2D eigenvalue weighted by molar-refractivity contribution is 5.52. The number of ether oxygens (including phenoxy) is 2. The molecule has 2 rings (SSSR count). The summed E-state index contributed by atoms with van der Waals surface area (Å²) in [6.45, 7) is 3.21. The molecule has 1 heterocycles. The van der Waals surface area contributed by atoms with Crippen molar-refractivity contribution in [3.8, 4) is 11.5 Å². The van der Waals surface area contributed by atoms with Gasteiger partial charge in [-0.2, -0.15) is 0 Å². The van der Waals surface area contributed by atoms with E-state index in [2.05, 4.69) is 18.3 Å². The van der Waals surface area contributed by atoms with Crippen LogP contribution in [0.4, 0.5) is 0 Å². The van der Waals surface area contributed by atoms with Gasteiger partial charge in [0, 0.05) is 11.6 Å². The number of fused-ring (bicyclic) bond motifs is 1. The summed E-state index contributed by atoms with van der Waals surface area (Å²) in [7, 11) is 3.39. The van der Waals surface area contributed by atoms with Gasteiger partial charge in [0.25, 0.3) is 0 Å². The van der Waals surface area contributed by atoms with Crippen LogP contribution in [0.3, 0.4) is 0 Å². The molecule has 16 heavy (non-hydrogen) atoms. The minimum absolute atomic E-state index is 0.448. The predicted molar refractivity (Wildman–Crippen MR) is 64.3 cm³/mol. The van der Waals surface area contributed by atoms with Gasteiger partial charge >= 0.3 is 0 Å². The number of methoxy groups -OCH3 is 2. The Bertz CT molecular complexity index is 376. The quantitative estimate of drug-likeness (QED) is 0.849. The third kappa shape index (κ3) is 1.76. The molecular formula is C13H19NO2. The monoisotopic (exact) mass is 221 g/mol. The van der Waals surface area contributed by atoms with E-state index in [9.17, 15) is 0 Å². The Balaban J connectivity index is 2.50. The van der Waals surface area contributed by atoms with Gasteiger partial charge < -0.3 is 14.8 Å². The number of benzene rings is 1. The van der Waals surface area contributed by atoms with Crippen molar-refractivity contribution in [1.82, 2.24) is 5.32 Å². The highest BCUT2D eigenvalue weighted by Gasteiger charge is 2.23. The van der Waals surface area contributed by atoms with Crippen molar-refractivity contribution in [3.63, 3.8) is 0 Å². The van der Waals surface area contributed by atoms with Crippen LogP contribution in [-0.2, 0) is 6.42 Å². The van der Waals surface area contributed by atoms with Crippen molar-refractivity contribution in [2.45, 2.75) is 25.8 Å². The number of nitrogens with one attached hydrogen (secondary N) is 1. The molecule has 88 valence electrons. The number of hydrogen-bond acceptors (Lipinski definition) is 3. The zero-order valence-electron chi connectivity index (χ0n) is 10.2. The fourth-order valence-electron chi connectivity index (χ4n) is 2.44. The molecule has 0 bridgehead atoms. The minimum atomic E-state index is 0.448. The first kappa shape index (κ1) is 11.3. The third-order valence-corrected chi connectivity index (χ3v) is 3.23. The molecule has 0 aliphatic carbocycles. The van der Waals surface area contributed by atoms with Crippen molar-refractivity contribution < 1.29 is 9.47 Å². The summed E-state index contributed by atoms with van der Waals surface area (Å²) >= 11 is 0. The summed E-state index contributed by atoms with van der Waals surface area (Å²) in [4.78, 5) is 0. The van der Waals surface area contributed by atoms with Crippen LogP contribution >= 0.6 is 0 Å². The lowest BCUT2D eigenvalue weighted by molar-refractivity contribution is 0.346. The van der Waals surface area contributed by atoms with Crippen LogP contribution in [0.2, 0.25) is 0 Å². The maximum Gasteiger partial charge on any atom is 0.164 e. The summed E-state index contributed by atoms with van der Waals surface area (Å²) in [5.41, 5.74) is 2.65. The van der Waals surface area contributed by atoms with E-state index in [1.54, 1.807) is 14.2 Å². The van der Waals surface area contributed by atoms with Crippen LogP contribution in [0.25, 0.3) is 0 Å². The van der Waals surface area contributed by atoms with Crippen molar-refractivity contribution in [2.24, 2.45) is 0 Å². The first-order chi connectivity index (χ1) is 7.81. The van der Waals surface area contributed by atoms with Crippen LogP contribution < -0.4 is 14.8 Å². The van der Waals surface area contributed by atoms with E-state index < -0.39 is 0 Å². The Labute approximate surface area is 96.8 Å². The SMILES string of the molecule is CC[C@@H]1NCCc2c1ccc(OC)c2OC. The average molecular weight is 221 g/mol. The Kier molecular flexibility index (Phi) is 3.34. The Hall–Kier alpha value is -1.22. The Morgan fingerprint density at radius 2 is 2.12 bits per heavy atom. The van der Waals surface area contributed by atoms with Gasteiger partial charge in [0.15, 0.2) is 11.5 Å². The molecule has 0 spiro atoms. The summed E-state index contributed by atoms with van der Waals surface area (Å²) in [6.07, 6.45) is 2.11. The van der Waals surface area contributed by atoms with Crippen molar-refractivity contribution in [2.75, 3.05) is 20.8 Å². The van der Waals surface area contributed by atoms with E-state index >= 15 is 0 Å². The predicted octanol–water partition coefficient (Wildman–Crippen LogP) is 2.30. The lowest BCUT2D eigenvalue weighted by Crippen LogP contribution is -2.29. The van der Waals surface area contributed by atoms with Gasteiger partial charge in [0.2, 0.25) is 0 Å². The zero-order valence-corrected chi connectivity index (χ0v) is 10.2. The first-order valence-electron chi connectivity index (χ1n) is 5.79. The maximum atomic E-state index is 5.47. The first-order valence-corrected chi connectivity index (χ1v) is 5.79. The van der Waals surface area contributed by atoms with E-state index in [0.29, 0.717) is 6.04 Å². The molecular weight excluding hydrogens is 202 g/mol. The van der Waals surface area contributed by atoms with Gasteiger partial charge in [-0.05, 0) is 31.0 Å². The molecule has 0 unspecified atom stereocenters. The van der Waals surface area contributed by atoms with Crippen LogP contribution in [0, 0.1) is 0 Å². The molecule has 3 nitrogen and oxygen atoms in total. The van der Waals surface area contributed by atoms with Gasteiger partial charge in [-0.25, -0.2) is 0 Å². The summed E-state index contributed by atoms with van der Waals surface area (Å²) < 4.78 is 10.8. The van der Waals surface area contributed by atoms with Crippen molar-refractivity contribution in [3.05, 3.63) is 23.3 Å². The minimum Gasteiger partial charge on any atom is -0.493 e. The van der Waals surface area contributed by atoms with Gasteiger partial charge in [-0.1, -0.05) is 13.0 Å². The molecule has 1 aromatic rings. The summed E-state index contributed by atoms with van der Waals surface area (Å²) in [5, 5.41) is 3.52. The van der Waals surface area contributed by atoms with Crippen LogP contribution in [0.5, 0.6) is 11.5 Å². The molecule has 0 saturated heterocycles. The molecule has 1 atom stereocenters. The van der Waals surface area contributed by atoms with Gasteiger partial charge in [-0.3, -0.25) is 0 Å². The smallest absolute Gasteiger partial charge is 0.164 e. The zero-order chi connectivity index (χ0) is 11.5. The lowest BCUT2D eigenvalue weighted by Gasteiger charge is -2.28. The van der Waals surface area contributed by atoms with E-state index in [1.807, 2.05) is 6.07 Å². The molecule has 0 saturated carbocycles. The Morgan fingerprint density at radius 1 is 1.31 bits per heavy atom. The van der Waals surface area contributed by atoms with E-state index in [1.165, 1.54) is 11.1 Å². The van der Waals surface area contributed by atoms with Crippen LogP contribution in [0.1, 0.15) is 30.5 Å². The van der Waals surface area contributed by atoms with E-state index in [0.717, 1.165) is 30.9 Å². The van der Waals surface area contributed by atoms with Crippen molar-refractivity contribution in [1.29, 1.82) is 0 Å². The highest BCUT2D eigenvalue weighted by Crippen LogP contribution is 2.38. The second-order valence-electron chi connectivity index (χ2n) is 4.03. The Morgan fingerprint density at radius 3 is 2.75 bits per heavy atom. The molecule has 1 aromatic carbocycles. The topological polar surface area (TPSA) is 30.5 Å².